The number of hydrogen-bond acceptors (Lipinski definition) is 6. The Bertz CT molecular complexity index is 1100. The number of fused-ring (bicyclic) bond motifs is 1. The normalized spacial score (nSPS) is 17.6. The average Bonchev–Trinajstić information content (AvgIpc) is 3.20. The lowest BCUT2D eigenvalue weighted by atomic mass is 10.1. The van der Waals surface area contributed by atoms with Crippen LogP contribution in [0.25, 0.3) is 6.08 Å². The number of anilines is 1. The highest BCUT2D eigenvalue weighted by atomic mass is 32.2. The molecule has 1 N–H and O–H groups in total. The maximum atomic E-state index is 12.8. The number of carbonyl (C=O) groups is 1. The minimum Gasteiger partial charge on any atom is -0.454 e. The summed E-state index contributed by atoms with van der Waals surface area (Å²) < 4.78 is 41.9. The second-order valence-electron chi connectivity index (χ2n) is 5.94. The number of benzene rings is 2. The summed E-state index contributed by atoms with van der Waals surface area (Å²) in [7, 11) is -4.30. The van der Waals surface area contributed by atoms with Crippen molar-refractivity contribution in [1.82, 2.24) is 0 Å². The van der Waals surface area contributed by atoms with Crippen LogP contribution in [-0.2, 0) is 14.9 Å². The van der Waals surface area contributed by atoms with Gasteiger partial charge in [0.1, 0.15) is 0 Å². The molecular weight excluding hydrogens is 372 g/mol. The molecule has 0 unspecified atom stereocenters. The highest BCUT2D eigenvalue weighted by Gasteiger charge is 2.29. The summed E-state index contributed by atoms with van der Waals surface area (Å²) >= 11 is 0. The number of nitrogens with zero attached hydrogens (tertiary/aromatic N) is 2. The van der Waals surface area contributed by atoms with E-state index < -0.39 is 10.1 Å². The largest absolute Gasteiger partial charge is 0.454 e. The second-order valence-corrected chi connectivity index (χ2v) is 7.36. The summed E-state index contributed by atoms with van der Waals surface area (Å²) in [5.74, 6) is 0.924. The first-order valence-corrected chi connectivity index (χ1v) is 9.36. The van der Waals surface area contributed by atoms with E-state index in [1.807, 2.05) is 6.07 Å². The quantitative estimate of drug-likeness (QED) is 0.642. The fraction of sp³-hybridized carbons (Fsp3) is 0.111. The summed E-state index contributed by atoms with van der Waals surface area (Å²) in [5, 5.41) is 5.43. The van der Waals surface area contributed by atoms with Crippen LogP contribution in [0.15, 0.2) is 58.0 Å². The van der Waals surface area contributed by atoms with Crippen LogP contribution in [0, 0.1) is 0 Å². The molecule has 27 heavy (non-hydrogen) atoms. The van der Waals surface area contributed by atoms with Gasteiger partial charge in [0.25, 0.3) is 16.0 Å². The monoisotopic (exact) mass is 386 g/mol. The fourth-order valence-electron chi connectivity index (χ4n) is 2.79. The van der Waals surface area contributed by atoms with Crippen molar-refractivity contribution in [1.29, 1.82) is 0 Å². The minimum atomic E-state index is -4.30. The number of hydrazone groups is 1. The van der Waals surface area contributed by atoms with E-state index in [-0.39, 0.29) is 17.6 Å². The van der Waals surface area contributed by atoms with Crippen LogP contribution in [0.1, 0.15) is 12.5 Å². The molecule has 0 saturated heterocycles. The summed E-state index contributed by atoms with van der Waals surface area (Å²) in [6.45, 7) is 1.88. The van der Waals surface area contributed by atoms with Crippen LogP contribution < -0.4 is 14.5 Å². The van der Waals surface area contributed by atoms with Gasteiger partial charge in [0.05, 0.1) is 21.9 Å². The van der Waals surface area contributed by atoms with Gasteiger partial charge in [0.15, 0.2) is 11.5 Å². The van der Waals surface area contributed by atoms with E-state index in [0.29, 0.717) is 28.5 Å². The maximum Gasteiger partial charge on any atom is 0.294 e. The summed E-state index contributed by atoms with van der Waals surface area (Å²) in [6, 6.07) is 10.6. The van der Waals surface area contributed by atoms with Crippen molar-refractivity contribution in [2.75, 3.05) is 11.8 Å². The molecule has 0 fully saturated rings. The lowest BCUT2D eigenvalue weighted by molar-refractivity contribution is -0.114. The number of carbonyl (C=O) groups excluding carboxylic acids is 1. The van der Waals surface area contributed by atoms with E-state index in [2.05, 4.69) is 5.10 Å². The molecule has 2 aliphatic rings. The lowest BCUT2D eigenvalue weighted by Gasteiger charge is -2.12. The van der Waals surface area contributed by atoms with Gasteiger partial charge >= 0.3 is 0 Å². The molecule has 0 aromatic heterocycles. The molecular formula is C18H14N2O6S. The number of hydrogen-bond donors (Lipinski definition) is 1. The molecule has 0 spiro atoms. The van der Waals surface area contributed by atoms with Crippen LogP contribution in [0.2, 0.25) is 0 Å². The van der Waals surface area contributed by atoms with Crippen molar-refractivity contribution in [2.45, 2.75) is 11.8 Å². The van der Waals surface area contributed by atoms with Gasteiger partial charge in [-0.05, 0) is 55.0 Å². The molecule has 4 rings (SSSR count). The summed E-state index contributed by atoms with van der Waals surface area (Å²) in [5.41, 5.74) is 2.09. The number of rotatable bonds is 3. The van der Waals surface area contributed by atoms with Crippen molar-refractivity contribution in [2.24, 2.45) is 5.10 Å². The fourth-order valence-corrected chi connectivity index (χ4v) is 3.27. The Labute approximate surface area is 155 Å². The van der Waals surface area contributed by atoms with Gasteiger partial charge in [-0.3, -0.25) is 9.35 Å². The molecule has 0 radical (unpaired) electrons. The molecule has 8 nitrogen and oxygen atoms in total. The molecule has 2 aromatic rings. The van der Waals surface area contributed by atoms with E-state index in [1.54, 1.807) is 25.1 Å². The molecule has 0 atom stereocenters. The van der Waals surface area contributed by atoms with Gasteiger partial charge in [-0.15, -0.1) is 0 Å². The molecule has 0 bridgehead atoms. The third-order valence-corrected chi connectivity index (χ3v) is 5.02. The van der Waals surface area contributed by atoms with Crippen molar-refractivity contribution >= 4 is 33.5 Å². The molecule has 138 valence electrons. The van der Waals surface area contributed by atoms with Crippen molar-refractivity contribution in [3.8, 4) is 11.5 Å². The second kappa shape index (κ2) is 6.22. The van der Waals surface area contributed by atoms with Crippen LogP contribution in [-0.4, -0.2) is 31.4 Å². The minimum absolute atomic E-state index is 0.169. The van der Waals surface area contributed by atoms with Gasteiger partial charge in [-0.2, -0.15) is 18.5 Å². The summed E-state index contributed by atoms with van der Waals surface area (Å²) in [6.07, 6.45) is 1.70. The molecule has 2 aliphatic heterocycles. The highest BCUT2D eigenvalue weighted by molar-refractivity contribution is 7.85. The predicted molar refractivity (Wildman–Crippen MR) is 97.4 cm³/mol. The molecule has 0 aliphatic carbocycles. The zero-order valence-corrected chi connectivity index (χ0v) is 14.9. The smallest absolute Gasteiger partial charge is 0.294 e. The first kappa shape index (κ1) is 17.3. The third-order valence-electron chi connectivity index (χ3n) is 4.15. The highest BCUT2D eigenvalue weighted by Crippen LogP contribution is 2.34. The molecule has 9 heteroatoms. The topological polar surface area (TPSA) is 106 Å². The predicted octanol–water partition coefficient (Wildman–Crippen LogP) is 2.47. The van der Waals surface area contributed by atoms with E-state index in [1.165, 1.54) is 29.3 Å². The SMILES string of the molecule is CC1=NN(c2ccc(S(=O)(=O)O)cc2)C(=O)C1=Cc1ccc2c(c1)OCO2. The maximum absolute atomic E-state index is 12.8. The Balaban J connectivity index is 1.63. The van der Waals surface area contributed by atoms with Gasteiger partial charge in [0.2, 0.25) is 6.79 Å². The summed E-state index contributed by atoms with van der Waals surface area (Å²) in [4.78, 5) is 12.5. The zero-order chi connectivity index (χ0) is 19.2. The van der Waals surface area contributed by atoms with Crippen molar-refractivity contribution in [3.63, 3.8) is 0 Å². The Morgan fingerprint density at radius 2 is 1.81 bits per heavy atom. The van der Waals surface area contributed by atoms with Crippen molar-refractivity contribution < 1.29 is 27.2 Å². The van der Waals surface area contributed by atoms with E-state index in [0.717, 1.165) is 5.56 Å². The van der Waals surface area contributed by atoms with Crippen LogP contribution in [0.3, 0.4) is 0 Å². The van der Waals surface area contributed by atoms with Crippen LogP contribution in [0.4, 0.5) is 5.69 Å². The van der Waals surface area contributed by atoms with Gasteiger partial charge in [-0.25, -0.2) is 0 Å². The molecule has 0 saturated carbocycles. The standard InChI is InChI=1S/C18H14N2O6S/c1-11-15(8-12-2-7-16-17(9-12)26-10-25-16)18(21)20(19-11)13-3-5-14(6-4-13)27(22,23)24/h2-9H,10H2,1H3,(H,22,23,24). The number of ether oxygens (including phenoxy) is 2. The van der Waals surface area contributed by atoms with Crippen LogP contribution in [0.5, 0.6) is 11.5 Å². The third kappa shape index (κ3) is 3.18. The Hall–Kier alpha value is -3.17. The van der Waals surface area contributed by atoms with Crippen LogP contribution >= 0.6 is 0 Å². The number of amides is 1. The Kier molecular flexibility index (Phi) is 3.97. The van der Waals surface area contributed by atoms with Gasteiger partial charge < -0.3 is 9.47 Å². The van der Waals surface area contributed by atoms with Gasteiger partial charge in [0, 0.05) is 0 Å². The first-order chi connectivity index (χ1) is 12.8. The Morgan fingerprint density at radius 3 is 2.52 bits per heavy atom. The van der Waals surface area contributed by atoms with Crippen molar-refractivity contribution in [3.05, 3.63) is 53.6 Å². The van der Waals surface area contributed by atoms with E-state index >= 15 is 0 Å². The van der Waals surface area contributed by atoms with Gasteiger partial charge in [-0.1, -0.05) is 6.07 Å². The average molecular weight is 386 g/mol. The van der Waals surface area contributed by atoms with E-state index in [4.69, 9.17) is 14.0 Å². The zero-order valence-electron chi connectivity index (χ0n) is 14.1. The van der Waals surface area contributed by atoms with E-state index in [9.17, 15) is 13.2 Å². The Morgan fingerprint density at radius 1 is 1.11 bits per heavy atom. The molecule has 2 heterocycles. The molecule has 2 aromatic carbocycles. The first-order valence-electron chi connectivity index (χ1n) is 7.92. The lowest BCUT2D eigenvalue weighted by Crippen LogP contribution is -2.21. The molecule has 1 amide bonds.